The lowest BCUT2D eigenvalue weighted by atomic mass is 9.95. The second-order valence-electron chi connectivity index (χ2n) is 7.96. The minimum atomic E-state index is -0.261. The van der Waals surface area contributed by atoms with Crippen molar-refractivity contribution in [2.24, 2.45) is 0 Å². The smallest absolute Gasteiger partial charge is 0.253 e. The van der Waals surface area contributed by atoms with E-state index in [0.29, 0.717) is 11.5 Å². The number of nitrogens with zero attached hydrogens (tertiary/aromatic N) is 2. The predicted molar refractivity (Wildman–Crippen MR) is 115 cm³/mol. The molecule has 0 bridgehead atoms. The van der Waals surface area contributed by atoms with Crippen LogP contribution in [0.15, 0.2) is 54.9 Å². The van der Waals surface area contributed by atoms with Crippen molar-refractivity contribution in [2.45, 2.75) is 25.7 Å². The molecular formula is C24H23FN4O. The number of hydrogen-bond donors (Lipinski definition) is 2. The Morgan fingerprint density at radius 2 is 1.83 bits per heavy atom. The fraction of sp³-hybridized carbons (Fsp3) is 0.250. The molecule has 1 amide bonds. The first-order chi connectivity index (χ1) is 14.6. The normalized spacial score (nSPS) is 15.1. The molecule has 152 valence electrons. The number of nitrogens with one attached hydrogen (secondary N) is 2. The monoisotopic (exact) mass is 402 g/mol. The number of rotatable bonds is 3. The number of carbonyl (C=O) groups excluding carboxylic acids is 1. The van der Waals surface area contributed by atoms with E-state index in [9.17, 15) is 9.18 Å². The highest BCUT2D eigenvalue weighted by molar-refractivity contribution is 5.97. The lowest BCUT2D eigenvalue weighted by Crippen LogP contribution is -2.38. The molecule has 2 aromatic heterocycles. The number of fused-ring (bicyclic) bond motifs is 1. The topological polar surface area (TPSA) is 64.8 Å². The maximum Gasteiger partial charge on any atom is 0.253 e. The van der Waals surface area contributed by atoms with Crippen LogP contribution in [0.1, 0.15) is 40.6 Å². The maximum absolute atomic E-state index is 13.7. The van der Waals surface area contributed by atoms with Crippen molar-refractivity contribution < 1.29 is 9.18 Å². The van der Waals surface area contributed by atoms with Crippen LogP contribution in [0.5, 0.6) is 0 Å². The fourth-order valence-corrected chi connectivity index (χ4v) is 4.30. The lowest BCUT2D eigenvalue weighted by molar-refractivity contribution is 0.0711. The number of benzene rings is 2. The van der Waals surface area contributed by atoms with Gasteiger partial charge in [-0.3, -0.25) is 4.79 Å². The van der Waals surface area contributed by atoms with Gasteiger partial charge in [-0.25, -0.2) is 9.37 Å². The van der Waals surface area contributed by atoms with Gasteiger partial charge >= 0.3 is 0 Å². The van der Waals surface area contributed by atoms with E-state index < -0.39 is 0 Å². The van der Waals surface area contributed by atoms with Gasteiger partial charge < -0.3 is 14.9 Å². The zero-order chi connectivity index (χ0) is 20.7. The van der Waals surface area contributed by atoms with Crippen molar-refractivity contribution in [3.05, 3.63) is 77.8 Å². The van der Waals surface area contributed by atoms with Gasteiger partial charge in [0, 0.05) is 53.4 Å². The molecule has 0 radical (unpaired) electrons. The standard InChI is InChI=1S/C24H23FN4O/c1-15-13-27-23(28-15)17-8-10-29(11-9-17)24(30)18-4-2-16(3-5-18)21-14-26-22-7-6-19(25)12-20(21)22/h2-7,12-14,17,26H,8-11H2,1H3,(H,27,28). The molecule has 4 aromatic rings. The second-order valence-corrected chi connectivity index (χ2v) is 7.96. The van der Waals surface area contributed by atoms with Gasteiger partial charge in [-0.05, 0) is 55.7 Å². The molecule has 2 N–H and O–H groups in total. The van der Waals surface area contributed by atoms with Gasteiger partial charge in [-0.1, -0.05) is 12.1 Å². The van der Waals surface area contributed by atoms with E-state index in [4.69, 9.17) is 0 Å². The molecule has 0 spiro atoms. The summed E-state index contributed by atoms with van der Waals surface area (Å²) in [6, 6.07) is 12.3. The van der Waals surface area contributed by atoms with E-state index >= 15 is 0 Å². The van der Waals surface area contributed by atoms with Crippen LogP contribution in [0.25, 0.3) is 22.0 Å². The number of likely N-dealkylation sites (tertiary alicyclic amines) is 1. The number of aromatic amines is 2. The van der Waals surface area contributed by atoms with Crippen LogP contribution < -0.4 is 0 Å². The first kappa shape index (κ1) is 18.6. The Balaban J connectivity index is 1.29. The highest BCUT2D eigenvalue weighted by Gasteiger charge is 2.26. The molecular weight excluding hydrogens is 379 g/mol. The van der Waals surface area contributed by atoms with E-state index in [-0.39, 0.29) is 11.7 Å². The molecule has 6 heteroatoms. The number of hydrogen-bond acceptors (Lipinski definition) is 2. The van der Waals surface area contributed by atoms with Crippen molar-refractivity contribution in [1.82, 2.24) is 19.9 Å². The van der Waals surface area contributed by atoms with E-state index in [1.165, 1.54) is 12.1 Å². The van der Waals surface area contributed by atoms with Crippen LogP contribution in [0.2, 0.25) is 0 Å². The predicted octanol–water partition coefficient (Wildman–Crippen LogP) is 5.03. The molecule has 0 aliphatic carbocycles. The third kappa shape index (κ3) is 3.38. The van der Waals surface area contributed by atoms with E-state index in [1.54, 1.807) is 6.07 Å². The van der Waals surface area contributed by atoms with Crippen LogP contribution in [0, 0.1) is 12.7 Å². The Labute approximate surface area is 174 Å². The second kappa shape index (κ2) is 7.44. The summed E-state index contributed by atoms with van der Waals surface area (Å²) >= 11 is 0. The number of carbonyl (C=O) groups is 1. The van der Waals surface area contributed by atoms with Crippen LogP contribution in [0.4, 0.5) is 4.39 Å². The highest BCUT2D eigenvalue weighted by Crippen LogP contribution is 2.30. The Kier molecular flexibility index (Phi) is 4.62. The van der Waals surface area contributed by atoms with Gasteiger partial charge in [-0.15, -0.1) is 0 Å². The van der Waals surface area contributed by atoms with E-state index in [2.05, 4.69) is 15.0 Å². The van der Waals surface area contributed by atoms with Crippen LogP contribution >= 0.6 is 0 Å². The molecule has 5 nitrogen and oxygen atoms in total. The highest BCUT2D eigenvalue weighted by atomic mass is 19.1. The summed E-state index contributed by atoms with van der Waals surface area (Å²) in [4.78, 5) is 25.8. The number of halogens is 1. The zero-order valence-electron chi connectivity index (χ0n) is 16.8. The van der Waals surface area contributed by atoms with Crippen molar-refractivity contribution in [3.8, 4) is 11.1 Å². The summed E-state index contributed by atoms with van der Waals surface area (Å²) in [5.74, 6) is 1.20. The molecule has 1 aliphatic rings. The molecule has 1 aliphatic heterocycles. The summed E-state index contributed by atoms with van der Waals surface area (Å²) < 4.78 is 13.7. The van der Waals surface area contributed by atoms with Gasteiger partial charge in [-0.2, -0.15) is 0 Å². The quantitative estimate of drug-likeness (QED) is 0.505. The van der Waals surface area contributed by atoms with Gasteiger partial charge in [0.15, 0.2) is 0 Å². The molecule has 2 aromatic carbocycles. The van der Waals surface area contributed by atoms with Gasteiger partial charge in [0.25, 0.3) is 5.91 Å². The summed E-state index contributed by atoms with van der Waals surface area (Å²) in [6.45, 7) is 3.44. The fourth-order valence-electron chi connectivity index (χ4n) is 4.30. The Morgan fingerprint density at radius 3 is 2.53 bits per heavy atom. The van der Waals surface area contributed by atoms with Crippen molar-refractivity contribution >= 4 is 16.8 Å². The molecule has 30 heavy (non-hydrogen) atoms. The van der Waals surface area contributed by atoms with Crippen LogP contribution in [0.3, 0.4) is 0 Å². The summed E-state index contributed by atoms with van der Waals surface area (Å²) in [6.07, 6.45) is 5.63. The van der Waals surface area contributed by atoms with Crippen LogP contribution in [-0.4, -0.2) is 38.8 Å². The van der Waals surface area contributed by atoms with E-state index in [1.807, 2.05) is 48.5 Å². The molecule has 1 fully saturated rings. The molecule has 0 atom stereocenters. The first-order valence-corrected chi connectivity index (χ1v) is 10.3. The van der Waals surface area contributed by atoms with Crippen LogP contribution in [-0.2, 0) is 0 Å². The third-order valence-electron chi connectivity index (χ3n) is 5.98. The average Bonchev–Trinajstić information content (AvgIpc) is 3.39. The number of H-pyrrole nitrogens is 2. The Bertz CT molecular complexity index is 1200. The Morgan fingerprint density at radius 1 is 1.07 bits per heavy atom. The lowest BCUT2D eigenvalue weighted by Gasteiger charge is -2.31. The number of aryl methyl sites for hydroxylation is 1. The summed E-state index contributed by atoms with van der Waals surface area (Å²) in [7, 11) is 0. The maximum atomic E-state index is 13.7. The average molecular weight is 402 g/mol. The van der Waals surface area contributed by atoms with Gasteiger partial charge in [0.1, 0.15) is 11.6 Å². The van der Waals surface area contributed by atoms with Gasteiger partial charge in [0.05, 0.1) is 5.69 Å². The molecule has 0 saturated carbocycles. The third-order valence-corrected chi connectivity index (χ3v) is 5.98. The molecule has 1 saturated heterocycles. The minimum absolute atomic E-state index is 0.0561. The van der Waals surface area contributed by atoms with Crippen molar-refractivity contribution in [1.29, 1.82) is 0 Å². The first-order valence-electron chi connectivity index (χ1n) is 10.3. The number of amides is 1. The van der Waals surface area contributed by atoms with E-state index in [0.717, 1.165) is 59.5 Å². The number of aromatic nitrogens is 3. The van der Waals surface area contributed by atoms with Crippen molar-refractivity contribution in [2.75, 3.05) is 13.1 Å². The number of imidazole rings is 1. The Hall–Kier alpha value is -3.41. The zero-order valence-corrected chi connectivity index (χ0v) is 16.8. The molecule has 5 rings (SSSR count). The molecule has 3 heterocycles. The largest absolute Gasteiger partial charge is 0.361 e. The number of piperidine rings is 1. The molecule has 0 unspecified atom stereocenters. The minimum Gasteiger partial charge on any atom is -0.361 e. The van der Waals surface area contributed by atoms with Crippen molar-refractivity contribution in [3.63, 3.8) is 0 Å². The van der Waals surface area contributed by atoms with Gasteiger partial charge in [0.2, 0.25) is 0 Å². The summed E-state index contributed by atoms with van der Waals surface area (Å²) in [5.41, 5.74) is 4.45. The summed E-state index contributed by atoms with van der Waals surface area (Å²) in [5, 5.41) is 0.837. The SMILES string of the molecule is Cc1c[nH]c(C2CCN(C(=O)c3ccc(-c4c[nH]c5ccc(F)cc45)cc3)CC2)n1.